The monoisotopic (exact) mass is 185 g/mol. The van der Waals surface area contributed by atoms with Crippen LogP contribution < -0.4 is 0 Å². The maximum absolute atomic E-state index is 3.80. The molecule has 1 nitrogen and oxygen atoms in total. The molecule has 1 aliphatic rings. The summed E-state index contributed by atoms with van der Waals surface area (Å²) in [6.07, 6.45) is 3.73. The van der Waals surface area contributed by atoms with Gasteiger partial charge in [-0.1, -0.05) is 40.0 Å². The summed E-state index contributed by atoms with van der Waals surface area (Å²) < 4.78 is 0. The zero-order valence-corrected chi connectivity index (χ0v) is 8.99. The third kappa shape index (κ3) is 8.12. The van der Waals surface area contributed by atoms with Gasteiger partial charge in [-0.3, -0.25) is 4.99 Å². The van der Waals surface area contributed by atoms with Crippen molar-refractivity contribution >= 4 is 17.3 Å². The molecule has 0 N–H and O–H groups in total. The van der Waals surface area contributed by atoms with Gasteiger partial charge in [-0.15, -0.1) is 11.8 Å². The first-order valence-electron chi connectivity index (χ1n) is 4.63. The first-order valence-corrected chi connectivity index (χ1v) is 5.62. The largest absolute Gasteiger partial charge is 0.275 e. The molecular weight excluding hydrogens is 166 g/mol. The fourth-order valence-electron chi connectivity index (χ4n) is 0.865. The average molecular weight is 185 g/mol. The average Bonchev–Trinajstić information content (AvgIpc) is 2.62. The van der Waals surface area contributed by atoms with E-state index in [4.69, 9.17) is 0 Å². The van der Waals surface area contributed by atoms with Gasteiger partial charge < -0.3 is 0 Å². The number of thioether (sulfide) groups is 1. The molecule has 70 valence electrons. The third-order valence-corrected chi connectivity index (χ3v) is 2.35. The molecule has 1 rings (SSSR count). The van der Waals surface area contributed by atoms with Crippen LogP contribution >= 0.6 is 11.8 Å². The zero-order chi connectivity index (χ0) is 9.23. The summed E-state index contributed by atoms with van der Waals surface area (Å²) in [4.78, 5) is 3.80. The molecule has 1 heterocycles. The number of hydrogen-bond acceptors (Lipinski definition) is 2. The number of aliphatic imine (C=N–C) groups is 1. The van der Waals surface area contributed by atoms with Gasteiger partial charge in [-0.05, 0) is 5.92 Å². The lowest BCUT2D eigenvalue weighted by atomic mass is 10.0. The van der Waals surface area contributed by atoms with Crippen LogP contribution in [0, 0.1) is 12.8 Å². The summed E-state index contributed by atoms with van der Waals surface area (Å²) in [6, 6.07) is 0. The Morgan fingerprint density at radius 3 is 2.58 bits per heavy atom. The van der Waals surface area contributed by atoms with Crippen LogP contribution in [0.15, 0.2) is 4.99 Å². The molecule has 0 aliphatic carbocycles. The van der Waals surface area contributed by atoms with Crippen LogP contribution in [-0.2, 0) is 0 Å². The Kier molecular flexibility index (Phi) is 9.13. The summed E-state index contributed by atoms with van der Waals surface area (Å²) in [5.41, 5.74) is 2.76. The zero-order valence-electron chi connectivity index (χ0n) is 8.18. The van der Waals surface area contributed by atoms with Crippen LogP contribution in [-0.4, -0.2) is 17.8 Å². The van der Waals surface area contributed by atoms with Crippen molar-refractivity contribution in [1.82, 2.24) is 0 Å². The predicted molar refractivity (Wildman–Crippen MR) is 58.8 cm³/mol. The summed E-state index contributed by atoms with van der Waals surface area (Å²) in [5, 5.41) is 0. The quantitative estimate of drug-likeness (QED) is 0.657. The van der Waals surface area contributed by atoms with E-state index in [9.17, 15) is 0 Å². The normalized spacial score (nSPS) is 16.9. The fourth-order valence-corrected chi connectivity index (χ4v) is 1.32. The molecule has 0 aromatic rings. The summed E-state index contributed by atoms with van der Waals surface area (Å²) in [5.74, 6) is 1.98. The molecule has 2 heteroatoms. The second kappa shape index (κ2) is 9.11. The summed E-state index contributed by atoms with van der Waals surface area (Å²) >= 11 is 1.66. The molecule has 12 heavy (non-hydrogen) atoms. The van der Waals surface area contributed by atoms with Crippen LogP contribution in [0.4, 0.5) is 0 Å². The van der Waals surface area contributed by atoms with Crippen molar-refractivity contribution in [2.24, 2.45) is 10.9 Å². The summed E-state index contributed by atoms with van der Waals surface area (Å²) in [6.45, 7) is 9.24. The maximum atomic E-state index is 3.80. The SMILES string of the molecule is [CH2]CC(C)CCC.[C]1=NCCS1. The van der Waals surface area contributed by atoms with Gasteiger partial charge in [0.15, 0.2) is 0 Å². The molecule has 0 bridgehead atoms. The topological polar surface area (TPSA) is 12.4 Å². The Bertz CT molecular complexity index is 106. The van der Waals surface area contributed by atoms with Gasteiger partial charge >= 0.3 is 0 Å². The minimum atomic E-state index is 0.838. The molecule has 0 aromatic carbocycles. The second-order valence-corrected chi connectivity index (χ2v) is 3.88. The van der Waals surface area contributed by atoms with Crippen LogP contribution in [0.1, 0.15) is 33.1 Å². The third-order valence-electron chi connectivity index (χ3n) is 1.71. The highest BCUT2D eigenvalue weighted by atomic mass is 32.2. The molecule has 0 saturated carbocycles. The number of hydrogen-bond donors (Lipinski definition) is 0. The Balaban J connectivity index is 0.000000211. The lowest BCUT2D eigenvalue weighted by Crippen LogP contribution is -1.88. The predicted octanol–water partition coefficient (Wildman–Crippen LogP) is 3.29. The summed E-state index contributed by atoms with van der Waals surface area (Å²) in [7, 11) is 0. The molecule has 0 spiro atoms. The molecule has 0 fully saturated rings. The van der Waals surface area contributed by atoms with Crippen molar-refractivity contribution in [3.8, 4) is 0 Å². The van der Waals surface area contributed by atoms with E-state index in [1.165, 1.54) is 12.8 Å². The van der Waals surface area contributed by atoms with E-state index in [1.54, 1.807) is 11.8 Å². The fraction of sp³-hybridized carbons (Fsp3) is 0.800. The molecule has 0 aromatic heterocycles. The standard InChI is InChI=1S/C7H15.C3H4NS/c1-4-6-7(3)5-2;1-2-5-3-4-1/h7H,2,4-6H2,1,3H3;1-2H2. The van der Waals surface area contributed by atoms with Crippen molar-refractivity contribution in [2.45, 2.75) is 33.1 Å². The Morgan fingerprint density at radius 2 is 2.42 bits per heavy atom. The molecule has 0 amide bonds. The molecular formula is C10H19NS. The Hall–Kier alpha value is 0.0200. The van der Waals surface area contributed by atoms with Gasteiger partial charge in [-0.2, -0.15) is 0 Å². The van der Waals surface area contributed by atoms with E-state index in [0.29, 0.717) is 0 Å². The lowest BCUT2D eigenvalue weighted by molar-refractivity contribution is 0.530. The number of rotatable bonds is 3. The van der Waals surface area contributed by atoms with Gasteiger partial charge in [0.05, 0.1) is 0 Å². The van der Waals surface area contributed by atoms with Gasteiger partial charge in [0.1, 0.15) is 5.55 Å². The van der Waals surface area contributed by atoms with Gasteiger partial charge in [0.2, 0.25) is 0 Å². The first kappa shape index (κ1) is 12.0. The minimum Gasteiger partial charge on any atom is -0.275 e. The van der Waals surface area contributed by atoms with Crippen LogP contribution in [0.25, 0.3) is 0 Å². The van der Waals surface area contributed by atoms with Crippen LogP contribution in [0.3, 0.4) is 0 Å². The van der Waals surface area contributed by atoms with Crippen molar-refractivity contribution in [3.05, 3.63) is 6.92 Å². The van der Waals surface area contributed by atoms with Gasteiger partial charge in [0, 0.05) is 12.3 Å². The van der Waals surface area contributed by atoms with Crippen LogP contribution in [0.2, 0.25) is 0 Å². The van der Waals surface area contributed by atoms with Crippen molar-refractivity contribution < 1.29 is 0 Å². The van der Waals surface area contributed by atoms with E-state index >= 15 is 0 Å². The van der Waals surface area contributed by atoms with E-state index < -0.39 is 0 Å². The second-order valence-electron chi connectivity index (χ2n) is 3.00. The van der Waals surface area contributed by atoms with E-state index in [1.807, 2.05) is 0 Å². The highest BCUT2D eigenvalue weighted by Crippen LogP contribution is 2.07. The molecule has 0 saturated heterocycles. The highest BCUT2D eigenvalue weighted by Gasteiger charge is 1.92. The minimum absolute atomic E-state index is 0.838. The van der Waals surface area contributed by atoms with E-state index in [2.05, 4.69) is 31.3 Å². The smallest absolute Gasteiger partial charge is 0.122 e. The molecule has 1 atom stereocenters. The molecule has 1 unspecified atom stereocenters. The maximum Gasteiger partial charge on any atom is 0.122 e. The van der Waals surface area contributed by atoms with Crippen molar-refractivity contribution in [1.29, 1.82) is 0 Å². The molecule has 1 aliphatic heterocycles. The Labute approximate surface area is 81.0 Å². The van der Waals surface area contributed by atoms with Crippen molar-refractivity contribution in [2.75, 3.05) is 12.3 Å². The molecule has 2 radical (unpaired) electrons. The first-order chi connectivity index (χ1) is 5.81. The number of nitrogens with zero attached hydrogens (tertiary/aromatic N) is 1. The van der Waals surface area contributed by atoms with Crippen LogP contribution in [0.5, 0.6) is 0 Å². The van der Waals surface area contributed by atoms with Crippen molar-refractivity contribution in [3.63, 3.8) is 0 Å². The lowest BCUT2D eigenvalue weighted by Gasteiger charge is -2.02. The van der Waals surface area contributed by atoms with E-state index in [0.717, 1.165) is 24.6 Å². The van der Waals surface area contributed by atoms with Gasteiger partial charge in [0.25, 0.3) is 0 Å². The Morgan fingerprint density at radius 1 is 1.67 bits per heavy atom. The van der Waals surface area contributed by atoms with Gasteiger partial charge in [-0.25, -0.2) is 0 Å². The highest BCUT2D eigenvalue weighted by molar-refractivity contribution is 8.12. The van der Waals surface area contributed by atoms with E-state index in [-0.39, 0.29) is 0 Å².